The Balaban J connectivity index is 1.97. The van der Waals surface area contributed by atoms with Crippen LogP contribution in [0.1, 0.15) is 51.0 Å². The Morgan fingerprint density at radius 3 is 2.78 bits per heavy atom. The standard InChI is InChI=1S/C16H24N2/c1-11(2)12-8-9-14-16(10-12)18(3)15-7-5-4-6-13(15)17-14/h8-11,13,15,17H,4-7H2,1-3H3. The number of likely N-dealkylation sites (N-methyl/N-ethyl adjacent to an activating group) is 1. The van der Waals surface area contributed by atoms with Crippen molar-refractivity contribution < 1.29 is 0 Å². The van der Waals surface area contributed by atoms with Crippen LogP contribution >= 0.6 is 0 Å². The molecule has 0 radical (unpaired) electrons. The quantitative estimate of drug-likeness (QED) is 0.803. The maximum Gasteiger partial charge on any atom is 0.0605 e. The van der Waals surface area contributed by atoms with Crippen LogP contribution in [-0.4, -0.2) is 19.1 Å². The van der Waals surface area contributed by atoms with Crippen molar-refractivity contribution in [2.75, 3.05) is 17.3 Å². The summed E-state index contributed by atoms with van der Waals surface area (Å²) >= 11 is 0. The molecule has 1 aromatic rings. The fraction of sp³-hybridized carbons (Fsp3) is 0.625. The van der Waals surface area contributed by atoms with Gasteiger partial charge in [0.15, 0.2) is 0 Å². The van der Waals surface area contributed by atoms with E-state index in [1.54, 1.807) is 0 Å². The number of hydrogen-bond donors (Lipinski definition) is 1. The highest BCUT2D eigenvalue weighted by atomic mass is 15.2. The summed E-state index contributed by atoms with van der Waals surface area (Å²) in [5.41, 5.74) is 4.16. The van der Waals surface area contributed by atoms with Gasteiger partial charge in [-0.1, -0.05) is 32.8 Å². The first kappa shape index (κ1) is 11.9. The van der Waals surface area contributed by atoms with Gasteiger partial charge >= 0.3 is 0 Å². The van der Waals surface area contributed by atoms with Gasteiger partial charge in [-0.15, -0.1) is 0 Å². The van der Waals surface area contributed by atoms with Crippen molar-refractivity contribution in [2.24, 2.45) is 0 Å². The molecule has 1 aliphatic carbocycles. The maximum absolute atomic E-state index is 3.75. The summed E-state index contributed by atoms with van der Waals surface area (Å²) in [7, 11) is 2.27. The van der Waals surface area contributed by atoms with Gasteiger partial charge in [0, 0.05) is 19.1 Å². The van der Waals surface area contributed by atoms with Crippen LogP contribution in [0.2, 0.25) is 0 Å². The van der Waals surface area contributed by atoms with Crippen molar-refractivity contribution >= 4 is 11.4 Å². The largest absolute Gasteiger partial charge is 0.379 e. The van der Waals surface area contributed by atoms with Crippen molar-refractivity contribution in [3.8, 4) is 0 Å². The molecule has 0 saturated heterocycles. The molecule has 2 unspecified atom stereocenters. The number of fused-ring (bicyclic) bond motifs is 2. The van der Waals surface area contributed by atoms with Crippen LogP contribution in [0.3, 0.4) is 0 Å². The Hall–Kier alpha value is -1.18. The highest BCUT2D eigenvalue weighted by Crippen LogP contribution is 2.39. The Bertz CT molecular complexity index is 439. The first-order valence-corrected chi connectivity index (χ1v) is 7.30. The van der Waals surface area contributed by atoms with Crippen LogP contribution in [-0.2, 0) is 0 Å². The molecule has 1 aromatic carbocycles. The molecule has 0 aromatic heterocycles. The predicted octanol–water partition coefficient (Wildman–Crippen LogP) is 3.98. The van der Waals surface area contributed by atoms with Crippen LogP contribution in [0.4, 0.5) is 11.4 Å². The predicted molar refractivity (Wildman–Crippen MR) is 78.6 cm³/mol. The molecule has 98 valence electrons. The van der Waals surface area contributed by atoms with Crippen LogP contribution in [0.15, 0.2) is 18.2 Å². The second kappa shape index (κ2) is 4.49. The number of rotatable bonds is 1. The summed E-state index contributed by atoms with van der Waals surface area (Å²) in [4.78, 5) is 2.52. The SMILES string of the molecule is CC(C)c1ccc2c(c1)N(C)C1CCCCC1N2. The van der Waals surface area contributed by atoms with Crippen molar-refractivity contribution in [1.29, 1.82) is 0 Å². The maximum atomic E-state index is 3.75. The Kier molecular flexibility index (Phi) is 2.96. The molecular formula is C16H24N2. The molecule has 1 heterocycles. The third-order valence-electron chi connectivity index (χ3n) is 4.64. The van der Waals surface area contributed by atoms with E-state index in [0.29, 0.717) is 18.0 Å². The molecular weight excluding hydrogens is 220 g/mol. The second-order valence-corrected chi connectivity index (χ2v) is 6.14. The van der Waals surface area contributed by atoms with E-state index in [9.17, 15) is 0 Å². The van der Waals surface area contributed by atoms with Gasteiger partial charge in [0.2, 0.25) is 0 Å². The normalized spacial score (nSPS) is 26.6. The van der Waals surface area contributed by atoms with E-state index in [4.69, 9.17) is 0 Å². The average molecular weight is 244 g/mol. The fourth-order valence-electron chi connectivity index (χ4n) is 3.44. The summed E-state index contributed by atoms with van der Waals surface area (Å²) in [6.07, 6.45) is 5.41. The molecule has 2 nitrogen and oxygen atoms in total. The van der Waals surface area contributed by atoms with E-state index >= 15 is 0 Å². The molecule has 2 atom stereocenters. The number of anilines is 2. The molecule has 1 saturated carbocycles. The number of nitrogens with one attached hydrogen (secondary N) is 1. The average Bonchev–Trinajstić information content (AvgIpc) is 2.38. The molecule has 2 heteroatoms. The van der Waals surface area contributed by atoms with Crippen molar-refractivity contribution in [3.63, 3.8) is 0 Å². The Morgan fingerprint density at radius 2 is 2.00 bits per heavy atom. The van der Waals surface area contributed by atoms with Crippen molar-refractivity contribution in [1.82, 2.24) is 0 Å². The first-order valence-electron chi connectivity index (χ1n) is 7.30. The van der Waals surface area contributed by atoms with Crippen LogP contribution in [0, 0.1) is 0 Å². The highest BCUT2D eigenvalue weighted by molar-refractivity contribution is 5.74. The number of hydrogen-bond acceptors (Lipinski definition) is 2. The topological polar surface area (TPSA) is 15.3 Å². The molecule has 1 N–H and O–H groups in total. The van der Waals surface area contributed by atoms with E-state index in [1.807, 2.05) is 0 Å². The molecule has 1 aliphatic heterocycles. The fourth-order valence-corrected chi connectivity index (χ4v) is 3.44. The monoisotopic (exact) mass is 244 g/mol. The molecule has 3 rings (SSSR count). The molecule has 18 heavy (non-hydrogen) atoms. The van der Waals surface area contributed by atoms with Crippen molar-refractivity contribution in [2.45, 2.75) is 57.5 Å². The lowest BCUT2D eigenvalue weighted by atomic mass is 9.86. The summed E-state index contributed by atoms with van der Waals surface area (Å²) in [6.45, 7) is 4.53. The van der Waals surface area contributed by atoms with Gasteiger partial charge in [-0.3, -0.25) is 0 Å². The van der Waals surface area contributed by atoms with Gasteiger partial charge in [0.1, 0.15) is 0 Å². The summed E-state index contributed by atoms with van der Waals surface area (Å²) in [5.74, 6) is 0.604. The van der Waals surface area contributed by atoms with Gasteiger partial charge in [-0.2, -0.15) is 0 Å². The minimum absolute atomic E-state index is 0.604. The summed E-state index contributed by atoms with van der Waals surface area (Å²) in [5, 5.41) is 3.75. The minimum Gasteiger partial charge on any atom is -0.379 e. The van der Waals surface area contributed by atoms with Gasteiger partial charge in [0.05, 0.1) is 11.4 Å². The Labute approximate surface area is 110 Å². The van der Waals surface area contributed by atoms with Crippen LogP contribution in [0.25, 0.3) is 0 Å². The summed E-state index contributed by atoms with van der Waals surface area (Å²) < 4.78 is 0. The van der Waals surface area contributed by atoms with Crippen LogP contribution in [0.5, 0.6) is 0 Å². The van der Waals surface area contributed by atoms with E-state index in [-0.39, 0.29) is 0 Å². The zero-order valence-electron chi connectivity index (χ0n) is 11.7. The summed E-state index contributed by atoms with van der Waals surface area (Å²) in [6, 6.07) is 8.26. The van der Waals surface area contributed by atoms with Crippen LogP contribution < -0.4 is 10.2 Å². The zero-order chi connectivity index (χ0) is 12.7. The lowest BCUT2D eigenvalue weighted by molar-refractivity contribution is 0.385. The van der Waals surface area contributed by atoms with Gasteiger partial charge in [0.25, 0.3) is 0 Å². The van der Waals surface area contributed by atoms with Crippen molar-refractivity contribution in [3.05, 3.63) is 23.8 Å². The van der Waals surface area contributed by atoms with Gasteiger partial charge < -0.3 is 10.2 Å². The molecule has 0 amide bonds. The smallest absolute Gasteiger partial charge is 0.0605 e. The molecule has 0 spiro atoms. The molecule has 0 bridgehead atoms. The van der Waals surface area contributed by atoms with Gasteiger partial charge in [-0.25, -0.2) is 0 Å². The third kappa shape index (κ3) is 1.88. The van der Waals surface area contributed by atoms with E-state index < -0.39 is 0 Å². The van der Waals surface area contributed by atoms with Gasteiger partial charge in [-0.05, 0) is 36.5 Å². The number of benzene rings is 1. The lowest BCUT2D eigenvalue weighted by Crippen LogP contribution is -2.50. The molecule has 2 aliphatic rings. The lowest BCUT2D eigenvalue weighted by Gasteiger charge is -2.45. The third-order valence-corrected chi connectivity index (χ3v) is 4.64. The minimum atomic E-state index is 0.604. The van der Waals surface area contributed by atoms with E-state index in [0.717, 1.165) is 0 Å². The second-order valence-electron chi connectivity index (χ2n) is 6.14. The highest BCUT2D eigenvalue weighted by Gasteiger charge is 2.33. The Morgan fingerprint density at radius 1 is 1.22 bits per heavy atom. The van der Waals surface area contributed by atoms with E-state index in [2.05, 4.69) is 49.3 Å². The first-order chi connectivity index (χ1) is 8.66. The zero-order valence-corrected chi connectivity index (χ0v) is 11.7. The molecule has 1 fully saturated rings. The van der Waals surface area contributed by atoms with E-state index in [1.165, 1.54) is 42.6 Å². The number of nitrogens with zero attached hydrogens (tertiary/aromatic N) is 1.